The summed E-state index contributed by atoms with van der Waals surface area (Å²) in [5, 5.41) is 3.27. The molecular formula is C16H20N2O3. The van der Waals surface area contributed by atoms with Gasteiger partial charge in [0.1, 0.15) is 5.56 Å². The Morgan fingerprint density at radius 2 is 2.14 bits per heavy atom. The van der Waals surface area contributed by atoms with E-state index in [1.807, 2.05) is 36.6 Å². The van der Waals surface area contributed by atoms with Crippen LogP contribution >= 0.6 is 0 Å². The van der Waals surface area contributed by atoms with Crippen molar-refractivity contribution in [1.82, 2.24) is 9.88 Å². The van der Waals surface area contributed by atoms with Crippen LogP contribution in [-0.2, 0) is 11.3 Å². The lowest BCUT2D eigenvalue weighted by Crippen LogP contribution is -2.32. The van der Waals surface area contributed by atoms with Gasteiger partial charge in [-0.2, -0.15) is 0 Å². The fourth-order valence-electron chi connectivity index (χ4n) is 2.30. The maximum atomic E-state index is 12.5. The molecule has 1 aromatic carbocycles. The summed E-state index contributed by atoms with van der Waals surface area (Å²) < 4.78 is 6.81. The molecule has 0 unspecified atom stereocenters. The first-order valence-corrected chi connectivity index (χ1v) is 6.99. The average molecular weight is 288 g/mol. The highest BCUT2D eigenvalue weighted by atomic mass is 16.5. The predicted molar refractivity (Wildman–Crippen MR) is 82.8 cm³/mol. The van der Waals surface area contributed by atoms with Gasteiger partial charge in [-0.05, 0) is 26.0 Å². The van der Waals surface area contributed by atoms with Crippen molar-refractivity contribution < 1.29 is 9.53 Å². The van der Waals surface area contributed by atoms with Gasteiger partial charge < -0.3 is 14.6 Å². The standard InChI is InChI=1S/C16H20N2O3/c1-4-18-10-13(16(20)17-7-8-21-3)15(19)12-9-11(2)5-6-14(12)18/h5-6,9-10H,4,7-8H2,1-3H3,(H,17,20). The first-order chi connectivity index (χ1) is 10.1. The molecule has 0 spiro atoms. The molecule has 0 saturated carbocycles. The van der Waals surface area contributed by atoms with Crippen LogP contribution in [0.5, 0.6) is 0 Å². The Balaban J connectivity index is 2.52. The highest BCUT2D eigenvalue weighted by Gasteiger charge is 2.14. The van der Waals surface area contributed by atoms with Crippen LogP contribution in [0, 0.1) is 6.92 Å². The van der Waals surface area contributed by atoms with Crippen molar-refractivity contribution in [2.75, 3.05) is 20.3 Å². The van der Waals surface area contributed by atoms with E-state index in [9.17, 15) is 9.59 Å². The molecular weight excluding hydrogens is 268 g/mol. The third kappa shape index (κ3) is 3.13. The van der Waals surface area contributed by atoms with E-state index in [0.29, 0.717) is 25.1 Å². The van der Waals surface area contributed by atoms with Gasteiger partial charge in [-0.25, -0.2) is 0 Å². The number of benzene rings is 1. The Hall–Kier alpha value is -2.14. The number of fused-ring (bicyclic) bond motifs is 1. The van der Waals surface area contributed by atoms with Crippen LogP contribution < -0.4 is 10.7 Å². The van der Waals surface area contributed by atoms with Crippen molar-refractivity contribution in [3.8, 4) is 0 Å². The molecule has 5 heteroatoms. The fraction of sp³-hybridized carbons (Fsp3) is 0.375. The molecule has 1 amide bonds. The molecule has 112 valence electrons. The Morgan fingerprint density at radius 3 is 2.81 bits per heavy atom. The second-order valence-corrected chi connectivity index (χ2v) is 4.93. The maximum absolute atomic E-state index is 12.5. The number of carbonyl (C=O) groups is 1. The fourth-order valence-corrected chi connectivity index (χ4v) is 2.30. The van der Waals surface area contributed by atoms with Gasteiger partial charge >= 0.3 is 0 Å². The van der Waals surface area contributed by atoms with Crippen LogP contribution in [0.3, 0.4) is 0 Å². The molecule has 0 aliphatic rings. The molecule has 1 heterocycles. The number of ether oxygens (including phenoxy) is 1. The smallest absolute Gasteiger partial charge is 0.256 e. The van der Waals surface area contributed by atoms with Gasteiger partial charge in [0, 0.05) is 31.8 Å². The summed E-state index contributed by atoms with van der Waals surface area (Å²) in [5.74, 6) is -0.359. The Morgan fingerprint density at radius 1 is 1.38 bits per heavy atom. The third-order valence-electron chi connectivity index (χ3n) is 3.41. The predicted octanol–water partition coefficient (Wildman–Crippen LogP) is 1.71. The van der Waals surface area contributed by atoms with Crippen LogP contribution in [0.15, 0.2) is 29.2 Å². The van der Waals surface area contributed by atoms with Crippen molar-refractivity contribution in [3.63, 3.8) is 0 Å². The maximum Gasteiger partial charge on any atom is 0.256 e. The van der Waals surface area contributed by atoms with Crippen molar-refractivity contribution in [2.24, 2.45) is 0 Å². The first-order valence-electron chi connectivity index (χ1n) is 6.99. The molecule has 2 aromatic rings. The Labute approximate surface area is 123 Å². The number of aryl methyl sites for hydroxylation is 2. The molecule has 0 bridgehead atoms. The van der Waals surface area contributed by atoms with Crippen molar-refractivity contribution >= 4 is 16.8 Å². The Kier molecular flexibility index (Phi) is 4.75. The second kappa shape index (κ2) is 6.54. The molecule has 0 saturated heterocycles. The molecule has 21 heavy (non-hydrogen) atoms. The summed E-state index contributed by atoms with van der Waals surface area (Å²) in [6, 6.07) is 5.71. The lowest BCUT2D eigenvalue weighted by atomic mass is 10.1. The molecule has 0 radical (unpaired) electrons. The second-order valence-electron chi connectivity index (χ2n) is 4.93. The zero-order valence-corrected chi connectivity index (χ0v) is 12.6. The summed E-state index contributed by atoms with van der Waals surface area (Å²) in [6.45, 7) is 5.40. The monoisotopic (exact) mass is 288 g/mol. The van der Waals surface area contributed by atoms with Crippen molar-refractivity contribution in [1.29, 1.82) is 0 Å². The number of hydrogen-bond donors (Lipinski definition) is 1. The van der Waals surface area contributed by atoms with E-state index in [0.717, 1.165) is 11.1 Å². The van der Waals surface area contributed by atoms with Crippen LogP contribution in [0.1, 0.15) is 22.8 Å². The number of nitrogens with one attached hydrogen (secondary N) is 1. The van der Waals surface area contributed by atoms with Gasteiger partial charge in [-0.3, -0.25) is 9.59 Å². The van der Waals surface area contributed by atoms with E-state index in [1.165, 1.54) is 0 Å². The normalized spacial score (nSPS) is 10.8. The van der Waals surface area contributed by atoms with E-state index in [4.69, 9.17) is 4.74 Å². The van der Waals surface area contributed by atoms with Gasteiger partial charge in [0.05, 0.1) is 12.1 Å². The van der Waals surface area contributed by atoms with E-state index in [-0.39, 0.29) is 16.9 Å². The summed E-state index contributed by atoms with van der Waals surface area (Å²) in [6.07, 6.45) is 1.63. The van der Waals surface area contributed by atoms with Crippen LogP contribution in [-0.4, -0.2) is 30.7 Å². The quantitative estimate of drug-likeness (QED) is 0.852. The number of hydrogen-bond acceptors (Lipinski definition) is 3. The van der Waals surface area contributed by atoms with E-state index >= 15 is 0 Å². The molecule has 1 aromatic heterocycles. The van der Waals surface area contributed by atoms with Crippen molar-refractivity contribution in [2.45, 2.75) is 20.4 Å². The van der Waals surface area contributed by atoms with Gasteiger partial charge in [0.2, 0.25) is 5.43 Å². The van der Waals surface area contributed by atoms with E-state index < -0.39 is 0 Å². The van der Waals surface area contributed by atoms with Gasteiger partial charge in [0.15, 0.2) is 0 Å². The molecule has 0 aliphatic carbocycles. The number of rotatable bonds is 5. The topological polar surface area (TPSA) is 60.3 Å². The van der Waals surface area contributed by atoms with E-state index in [1.54, 1.807) is 13.3 Å². The zero-order valence-electron chi connectivity index (χ0n) is 12.6. The minimum atomic E-state index is -0.359. The summed E-state index contributed by atoms with van der Waals surface area (Å²) in [7, 11) is 1.56. The van der Waals surface area contributed by atoms with Gasteiger partial charge in [-0.1, -0.05) is 11.6 Å². The number of carbonyl (C=O) groups excluding carboxylic acids is 1. The lowest BCUT2D eigenvalue weighted by molar-refractivity contribution is 0.0935. The third-order valence-corrected chi connectivity index (χ3v) is 3.41. The molecule has 0 fully saturated rings. The number of aromatic nitrogens is 1. The molecule has 0 aliphatic heterocycles. The lowest BCUT2D eigenvalue weighted by Gasteiger charge is -2.12. The number of nitrogens with zero attached hydrogens (tertiary/aromatic N) is 1. The largest absolute Gasteiger partial charge is 0.383 e. The molecule has 1 N–H and O–H groups in total. The van der Waals surface area contributed by atoms with Crippen LogP contribution in [0.25, 0.3) is 10.9 Å². The molecule has 5 nitrogen and oxygen atoms in total. The van der Waals surface area contributed by atoms with Gasteiger partial charge in [-0.15, -0.1) is 0 Å². The minimum absolute atomic E-state index is 0.172. The molecule has 0 atom stereocenters. The van der Waals surface area contributed by atoms with Crippen LogP contribution in [0.4, 0.5) is 0 Å². The van der Waals surface area contributed by atoms with E-state index in [2.05, 4.69) is 5.32 Å². The highest BCUT2D eigenvalue weighted by molar-refractivity contribution is 5.97. The minimum Gasteiger partial charge on any atom is -0.383 e. The number of methoxy groups -OCH3 is 1. The Bertz CT molecular complexity index is 719. The number of pyridine rings is 1. The molecule has 2 rings (SSSR count). The first kappa shape index (κ1) is 15.3. The number of amides is 1. The van der Waals surface area contributed by atoms with Gasteiger partial charge in [0.25, 0.3) is 5.91 Å². The highest BCUT2D eigenvalue weighted by Crippen LogP contribution is 2.14. The van der Waals surface area contributed by atoms with Crippen molar-refractivity contribution in [3.05, 3.63) is 45.7 Å². The zero-order chi connectivity index (χ0) is 15.4. The average Bonchev–Trinajstić information content (AvgIpc) is 2.48. The van der Waals surface area contributed by atoms with Crippen LogP contribution in [0.2, 0.25) is 0 Å². The summed E-state index contributed by atoms with van der Waals surface area (Å²) >= 11 is 0. The SMILES string of the molecule is CCn1cc(C(=O)NCCOC)c(=O)c2cc(C)ccc21. The summed E-state index contributed by atoms with van der Waals surface area (Å²) in [4.78, 5) is 24.7. The summed E-state index contributed by atoms with van der Waals surface area (Å²) in [5.41, 5.74) is 1.79.